The standard InChI is InChI=1S/C22H26O2S/c1-17(2)15-21(19-11-7-5-8-12-19)25(23,24)22(16-18(3)4)20-13-9-6-10-14-20/h5-16,21-22H,1-4H3. The topological polar surface area (TPSA) is 34.1 Å². The molecule has 0 aliphatic rings. The molecule has 2 unspecified atom stereocenters. The summed E-state index contributed by atoms with van der Waals surface area (Å²) in [6.45, 7) is 7.74. The first-order chi connectivity index (χ1) is 11.8. The largest absolute Gasteiger partial charge is 0.227 e. The van der Waals surface area contributed by atoms with Crippen LogP contribution in [0, 0.1) is 0 Å². The van der Waals surface area contributed by atoms with Crippen molar-refractivity contribution in [3.05, 3.63) is 95.1 Å². The van der Waals surface area contributed by atoms with Gasteiger partial charge in [0, 0.05) is 0 Å². The Morgan fingerprint density at radius 2 is 1.00 bits per heavy atom. The number of benzene rings is 2. The van der Waals surface area contributed by atoms with E-state index >= 15 is 0 Å². The molecule has 0 amide bonds. The summed E-state index contributed by atoms with van der Waals surface area (Å²) >= 11 is 0. The molecular weight excluding hydrogens is 328 g/mol. The van der Waals surface area contributed by atoms with Crippen LogP contribution < -0.4 is 0 Å². The summed E-state index contributed by atoms with van der Waals surface area (Å²) in [6, 6.07) is 18.9. The molecule has 0 saturated carbocycles. The summed E-state index contributed by atoms with van der Waals surface area (Å²) in [7, 11) is -3.51. The highest BCUT2D eigenvalue weighted by Crippen LogP contribution is 2.37. The van der Waals surface area contributed by atoms with Crippen molar-refractivity contribution < 1.29 is 8.42 Å². The number of allylic oxidation sites excluding steroid dienone is 2. The van der Waals surface area contributed by atoms with E-state index in [4.69, 9.17) is 0 Å². The van der Waals surface area contributed by atoms with E-state index in [0.717, 1.165) is 22.3 Å². The van der Waals surface area contributed by atoms with Gasteiger partial charge in [-0.3, -0.25) is 0 Å². The third-order valence-corrected chi connectivity index (χ3v) is 6.17. The monoisotopic (exact) mass is 354 g/mol. The molecule has 2 atom stereocenters. The lowest BCUT2D eigenvalue weighted by atomic mass is 10.1. The molecule has 2 aromatic rings. The van der Waals surface area contributed by atoms with E-state index in [-0.39, 0.29) is 0 Å². The van der Waals surface area contributed by atoms with Gasteiger partial charge in [0.25, 0.3) is 0 Å². The average Bonchev–Trinajstić information content (AvgIpc) is 2.58. The zero-order chi connectivity index (χ0) is 18.4. The number of hydrogen-bond acceptors (Lipinski definition) is 2. The quantitative estimate of drug-likeness (QED) is 0.613. The minimum Gasteiger partial charge on any atom is -0.227 e. The molecule has 132 valence electrons. The highest BCUT2D eigenvalue weighted by molar-refractivity contribution is 7.92. The molecule has 0 aliphatic heterocycles. The molecule has 0 N–H and O–H groups in total. The number of sulfone groups is 1. The van der Waals surface area contributed by atoms with Crippen molar-refractivity contribution in [3.63, 3.8) is 0 Å². The van der Waals surface area contributed by atoms with Gasteiger partial charge < -0.3 is 0 Å². The Labute approximate surface area is 151 Å². The molecule has 25 heavy (non-hydrogen) atoms. The van der Waals surface area contributed by atoms with Crippen LogP contribution in [0.1, 0.15) is 49.3 Å². The third-order valence-electron chi connectivity index (χ3n) is 3.93. The van der Waals surface area contributed by atoms with Crippen molar-refractivity contribution in [3.8, 4) is 0 Å². The van der Waals surface area contributed by atoms with Gasteiger partial charge in [-0.25, -0.2) is 8.42 Å². The van der Waals surface area contributed by atoms with Crippen molar-refractivity contribution >= 4 is 9.84 Å². The minimum absolute atomic E-state index is 0.667. The van der Waals surface area contributed by atoms with Gasteiger partial charge in [0.1, 0.15) is 10.5 Å². The van der Waals surface area contributed by atoms with Crippen molar-refractivity contribution in [2.45, 2.75) is 38.2 Å². The summed E-state index contributed by atoms with van der Waals surface area (Å²) in [5, 5.41) is -1.33. The van der Waals surface area contributed by atoms with Crippen molar-refractivity contribution in [1.82, 2.24) is 0 Å². The summed E-state index contributed by atoms with van der Waals surface area (Å²) in [6.07, 6.45) is 3.69. The molecular formula is C22H26O2S. The predicted molar refractivity (Wildman–Crippen MR) is 106 cm³/mol. The highest BCUT2D eigenvalue weighted by Gasteiger charge is 2.33. The van der Waals surface area contributed by atoms with Crippen LogP contribution >= 0.6 is 0 Å². The SMILES string of the molecule is CC(C)=CC(c1ccccc1)S(=O)(=O)C(C=C(C)C)c1ccccc1. The van der Waals surface area contributed by atoms with Crippen LogP contribution in [0.15, 0.2) is 84.0 Å². The van der Waals surface area contributed by atoms with Gasteiger partial charge in [-0.1, -0.05) is 84.0 Å². The second-order valence-electron chi connectivity index (χ2n) is 6.74. The van der Waals surface area contributed by atoms with Crippen LogP contribution in [0.4, 0.5) is 0 Å². The van der Waals surface area contributed by atoms with Gasteiger partial charge in [-0.05, 0) is 38.8 Å². The third kappa shape index (κ3) is 4.93. The maximum absolute atomic E-state index is 13.6. The van der Waals surface area contributed by atoms with E-state index < -0.39 is 20.3 Å². The van der Waals surface area contributed by atoms with Crippen LogP contribution in [0.25, 0.3) is 0 Å². The van der Waals surface area contributed by atoms with Crippen LogP contribution in [0.2, 0.25) is 0 Å². The molecule has 0 aromatic heterocycles. The summed E-state index contributed by atoms with van der Waals surface area (Å²) < 4.78 is 27.2. The highest BCUT2D eigenvalue weighted by atomic mass is 32.2. The van der Waals surface area contributed by atoms with E-state index in [0.29, 0.717) is 0 Å². The summed E-state index contributed by atoms with van der Waals surface area (Å²) in [5.41, 5.74) is 3.57. The lowest BCUT2D eigenvalue weighted by Crippen LogP contribution is -2.19. The van der Waals surface area contributed by atoms with Crippen LogP contribution in [-0.2, 0) is 9.84 Å². The van der Waals surface area contributed by atoms with Gasteiger partial charge in [-0.15, -0.1) is 0 Å². The molecule has 0 aliphatic carbocycles. The van der Waals surface area contributed by atoms with Crippen molar-refractivity contribution in [2.75, 3.05) is 0 Å². The predicted octanol–water partition coefficient (Wildman–Crippen LogP) is 5.82. The average molecular weight is 355 g/mol. The number of hydrogen-bond donors (Lipinski definition) is 0. The van der Waals surface area contributed by atoms with Gasteiger partial charge in [0.05, 0.1) is 0 Å². The zero-order valence-corrected chi connectivity index (χ0v) is 16.1. The van der Waals surface area contributed by atoms with Crippen molar-refractivity contribution in [1.29, 1.82) is 0 Å². The maximum atomic E-state index is 13.6. The van der Waals surface area contributed by atoms with E-state index in [1.54, 1.807) is 0 Å². The summed E-state index contributed by atoms with van der Waals surface area (Å²) in [5.74, 6) is 0. The van der Waals surface area contributed by atoms with E-state index in [1.165, 1.54) is 0 Å². The first-order valence-electron chi connectivity index (χ1n) is 8.45. The lowest BCUT2D eigenvalue weighted by Gasteiger charge is -2.22. The van der Waals surface area contributed by atoms with Crippen LogP contribution in [-0.4, -0.2) is 8.42 Å². The summed E-state index contributed by atoms with van der Waals surface area (Å²) in [4.78, 5) is 0. The smallest absolute Gasteiger partial charge is 0.171 e. The first kappa shape index (κ1) is 19.2. The normalized spacial score (nSPS) is 13.6. The Kier molecular flexibility index (Phi) is 6.38. The fraction of sp³-hybridized carbons (Fsp3) is 0.273. The lowest BCUT2D eigenvalue weighted by molar-refractivity contribution is 0.584. The second-order valence-corrected chi connectivity index (χ2v) is 8.93. The first-order valence-corrected chi connectivity index (χ1v) is 10.1. The number of rotatable bonds is 6. The molecule has 0 radical (unpaired) electrons. The Balaban J connectivity index is 2.64. The van der Waals surface area contributed by atoms with Crippen molar-refractivity contribution in [2.24, 2.45) is 0 Å². The minimum atomic E-state index is -3.51. The maximum Gasteiger partial charge on any atom is 0.171 e. The molecule has 0 spiro atoms. The Morgan fingerprint density at radius 1 is 0.680 bits per heavy atom. The Bertz CT molecular complexity index is 772. The molecule has 2 aromatic carbocycles. The second kappa shape index (κ2) is 8.30. The molecule has 0 bridgehead atoms. The van der Waals surface area contributed by atoms with Crippen LogP contribution in [0.5, 0.6) is 0 Å². The van der Waals surface area contributed by atoms with Crippen LogP contribution in [0.3, 0.4) is 0 Å². The molecule has 0 saturated heterocycles. The Hall–Kier alpha value is -2.13. The van der Waals surface area contributed by atoms with E-state index in [2.05, 4.69) is 0 Å². The van der Waals surface area contributed by atoms with Gasteiger partial charge >= 0.3 is 0 Å². The van der Waals surface area contributed by atoms with E-state index in [9.17, 15) is 8.42 Å². The van der Waals surface area contributed by atoms with Gasteiger partial charge in [0.2, 0.25) is 0 Å². The van der Waals surface area contributed by atoms with Gasteiger partial charge in [0.15, 0.2) is 9.84 Å². The Morgan fingerprint density at radius 3 is 1.28 bits per heavy atom. The fourth-order valence-electron chi connectivity index (χ4n) is 2.81. The molecule has 2 nitrogen and oxygen atoms in total. The molecule has 0 fully saturated rings. The van der Waals surface area contributed by atoms with Gasteiger partial charge in [-0.2, -0.15) is 0 Å². The fourth-order valence-corrected chi connectivity index (χ4v) is 5.12. The molecule has 3 heteroatoms. The zero-order valence-electron chi connectivity index (χ0n) is 15.3. The molecule has 0 heterocycles. The molecule has 2 rings (SSSR count). The van der Waals surface area contributed by atoms with E-state index in [1.807, 2.05) is 101 Å².